The maximum absolute atomic E-state index is 12.5. The van der Waals surface area contributed by atoms with Crippen molar-refractivity contribution in [2.75, 3.05) is 17.9 Å². The Morgan fingerprint density at radius 2 is 1.40 bits per heavy atom. The Bertz CT molecular complexity index is 1090. The van der Waals surface area contributed by atoms with E-state index in [0.717, 1.165) is 16.9 Å². The van der Waals surface area contributed by atoms with Gasteiger partial charge in [-0.25, -0.2) is 8.42 Å². The van der Waals surface area contributed by atoms with Gasteiger partial charge in [0.05, 0.1) is 11.4 Å². The number of carbonyl (C=O) groups excluding carboxylic acids is 1. The van der Waals surface area contributed by atoms with Crippen molar-refractivity contribution in [1.82, 2.24) is 5.32 Å². The molecule has 7 heteroatoms. The molecule has 0 aliphatic rings. The Morgan fingerprint density at radius 3 is 2.00 bits per heavy atom. The SMILES string of the molecule is Cc1ccc(NS(=O)(=O)c2ccc(C(=O)NCCOc3ccc(C)cc3)cc2)cc1. The second-order valence-corrected chi connectivity index (χ2v) is 8.60. The summed E-state index contributed by atoms with van der Waals surface area (Å²) < 4.78 is 33.1. The Labute approximate surface area is 177 Å². The number of hydrogen-bond donors (Lipinski definition) is 2. The topological polar surface area (TPSA) is 84.5 Å². The number of hydrogen-bond acceptors (Lipinski definition) is 4. The highest BCUT2D eigenvalue weighted by molar-refractivity contribution is 7.92. The van der Waals surface area contributed by atoms with Crippen LogP contribution >= 0.6 is 0 Å². The first-order valence-electron chi connectivity index (χ1n) is 9.51. The van der Waals surface area contributed by atoms with Crippen LogP contribution in [0, 0.1) is 13.8 Å². The number of nitrogens with one attached hydrogen (secondary N) is 2. The molecule has 0 radical (unpaired) electrons. The van der Waals surface area contributed by atoms with E-state index in [1.165, 1.54) is 24.3 Å². The number of anilines is 1. The third-order valence-electron chi connectivity index (χ3n) is 4.41. The zero-order valence-corrected chi connectivity index (χ0v) is 17.7. The van der Waals surface area contributed by atoms with Crippen LogP contribution in [-0.4, -0.2) is 27.5 Å². The number of carbonyl (C=O) groups is 1. The van der Waals surface area contributed by atoms with Gasteiger partial charge in [-0.3, -0.25) is 9.52 Å². The fourth-order valence-electron chi connectivity index (χ4n) is 2.69. The van der Waals surface area contributed by atoms with E-state index in [4.69, 9.17) is 4.74 Å². The van der Waals surface area contributed by atoms with E-state index in [1.807, 2.05) is 50.2 Å². The minimum Gasteiger partial charge on any atom is -0.492 e. The zero-order chi connectivity index (χ0) is 21.6. The highest BCUT2D eigenvalue weighted by atomic mass is 32.2. The van der Waals surface area contributed by atoms with Crippen molar-refractivity contribution in [3.8, 4) is 5.75 Å². The van der Waals surface area contributed by atoms with Crippen molar-refractivity contribution in [2.45, 2.75) is 18.7 Å². The fourth-order valence-corrected chi connectivity index (χ4v) is 3.75. The molecule has 3 aromatic rings. The summed E-state index contributed by atoms with van der Waals surface area (Å²) in [6.07, 6.45) is 0. The summed E-state index contributed by atoms with van der Waals surface area (Å²) in [6.45, 7) is 4.60. The molecule has 0 bridgehead atoms. The normalized spacial score (nSPS) is 11.0. The van der Waals surface area contributed by atoms with E-state index in [1.54, 1.807) is 12.1 Å². The van der Waals surface area contributed by atoms with Crippen LogP contribution in [0.15, 0.2) is 77.7 Å². The van der Waals surface area contributed by atoms with Gasteiger partial charge >= 0.3 is 0 Å². The maximum atomic E-state index is 12.5. The molecule has 0 heterocycles. The van der Waals surface area contributed by atoms with E-state index in [9.17, 15) is 13.2 Å². The van der Waals surface area contributed by atoms with Crippen LogP contribution < -0.4 is 14.8 Å². The minimum atomic E-state index is -3.73. The predicted molar refractivity (Wildman–Crippen MR) is 117 cm³/mol. The van der Waals surface area contributed by atoms with E-state index in [-0.39, 0.29) is 10.8 Å². The monoisotopic (exact) mass is 424 g/mol. The van der Waals surface area contributed by atoms with Gasteiger partial charge in [0.1, 0.15) is 12.4 Å². The number of benzene rings is 3. The van der Waals surface area contributed by atoms with Gasteiger partial charge in [-0.15, -0.1) is 0 Å². The summed E-state index contributed by atoms with van der Waals surface area (Å²) in [6, 6.07) is 20.5. The first kappa shape index (κ1) is 21.4. The summed E-state index contributed by atoms with van der Waals surface area (Å²) in [5.41, 5.74) is 3.04. The molecule has 0 aromatic heterocycles. The lowest BCUT2D eigenvalue weighted by Gasteiger charge is -2.10. The maximum Gasteiger partial charge on any atom is 0.261 e. The highest BCUT2D eigenvalue weighted by Crippen LogP contribution is 2.17. The molecule has 3 aromatic carbocycles. The molecule has 1 amide bonds. The van der Waals surface area contributed by atoms with E-state index in [0.29, 0.717) is 24.4 Å². The molecule has 0 spiro atoms. The van der Waals surface area contributed by atoms with E-state index >= 15 is 0 Å². The van der Waals surface area contributed by atoms with Gasteiger partial charge in [-0.05, 0) is 62.4 Å². The quantitative estimate of drug-likeness (QED) is 0.537. The van der Waals surface area contributed by atoms with Crippen molar-refractivity contribution in [3.63, 3.8) is 0 Å². The average Bonchev–Trinajstić information content (AvgIpc) is 2.74. The molecule has 0 aliphatic heterocycles. The molecular weight excluding hydrogens is 400 g/mol. The Morgan fingerprint density at radius 1 is 0.833 bits per heavy atom. The van der Waals surface area contributed by atoms with E-state index in [2.05, 4.69) is 10.0 Å². The second kappa shape index (κ2) is 9.45. The van der Waals surface area contributed by atoms with Gasteiger partial charge in [0.15, 0.2) is 0 Å². The van der Waals surface area contributed by atoms with Gasteiger partial charge in [0.25, 0.3) is 15.9 Å². The average molecular weight is 425 g/mol. The molecular formula is C23H24N2O4S. The van der Waals surface area contributed by atoms with Crippen molar-refractivity contribution in [1.29, 1.82) is 0 Å². The third-order valence-corrected chi connectivity index (χ3v) is 5.81. The van der Waals surface area contributed by atoms with Gasteiger partial charge in [0, 0.05) is 11.3 Å². The summed E-state index contributed by atoms with van der Waals surface area (Å²) in [5, 5.41) is 2.75. The van der Waals surface area contributed by atoms with Gasteiger partial charge in [-0.1, -0.05) is 35.4 Å². The molecule has 30 heavy (non-hydrogen) atoms. The molecule has 0 unspecified atom stereocenters. The lowest BCUT2D eigenvalue weighted by molar-refractivity contribution is 0.0947. The van der Waals surface area contributed by atoms with Gasteiger partial charge in [0.2, 0.25) is 0 Å². The summed E-state index contributed by atoms with van der Waals surface area (Å²) in [4.78, 5) is 12.3. The van der Waals surface area contributed by atoms with Crippen LogP contribution in [0.5, 0.6) is 5.75 Å². The first-order valence-corrected chi connectivity index (χ1v) is 11.0. The predicted octanol–water partition coefficient (Wildman–Crippen LogP) is 3.91. The standard InChI is InChI=1S/C23H24N2O4S/c1-17-3-9-20(10-4-17)25-30(27,28)22-13-7-19(8-14-22)23(26)24-15-16-29-21-11-5-18(2)6-12-21/h3-14,25H,15-16H2,1-2H3,(H,24,26). The number of rotatable bonds is 8. The highest BCUT2D eigenvalue weighted by Gasteiger charge is 2.15. The Kier molecular flexibility index (Phi) is 6.74. The number of ether oxygens (including phenoxy) is 1. The van der Waals surface area contributed by atoms with Crippen LogP contribution in [0.1, 0.15) is 21.5 Å². The molecule has 0 atom stereocenters. The van der Waals surface area contributed by atoms with E-state index < -0.39 is 10.0 Å². The minimum absolute atomic E-state index is 0.0855. The number of aryl methyl sites for hydroxylation is 2. The number of amides is 1. The van der Waals surface area contributed by atoms with Crippen molar-refractivity contribution >= 4 is 21.6 Å². The van der Waals surface area contributed by atoms with Gasteiger partial charge < -0.3 is 10.1 Å². The molecule has 0 saturated carbocycles. The first-order chi connectivity index (χ1) is 14.3. The molecule has 3 rings (SSSR count). The summed E-state index contributed by atoms with van der Waals surface area (Å²) >= 11 is 0. The van der Waals surface area contributed by atoms with Crippen molar-refractivity contribution in [3.05, 3.63) is 89.5 Å². The smallest absolute Gasteiger partial charge is 0.261 e. The third kappa shape index (κ3) is 5.84. The Balaban J connectivity index is 1.53. The molecule has 0 saturated heterocycles. The van der Waals surface area contributed by atoms with Crippen LogP contribution in [0.25, 0.3) is 0 Å². The van der Waals surface area contributed by atoms with Crippen LogP contribution in [-0.2, 0) is 10.0 Å². The molecule has 2 N–H and O–H groups in total. The van der Waals surface area contributed by atoms with Crippen LogP contribution in [0.3, 0.4) is 0 Å². The van der Waals surface area contributed by atoms with Crippen LogP contribution in [0.4, 0.5) is 5.69 Å². The van der Waals surface area contributed by atoms with Crippen molar-refractivity contribution in [2.24, 2.45) is 0 Å². The lowest BCUT2D eigenvalue weighted by Crippen LogP contribution is -2.28. The molecule has 6 nitrogen and oxygen atoms in total. The fraction of sp³-hybridized carbons (Fsp3) is 0.174. The zero-order valence-electron chi connectivity index (χ0n) is 16.9. The van der Waals surface area contributed by atoms with Crippen molar-refractivity contribution < 1.29 is 17.9 Å². The second-order valence-electron chi connectivity index (χ2n) is 6.91. The molecule has 156 valence electrons. The largest absolute Gasteiger partial charge is 0.492 e. The lowest BCUT2D eigenvalue weighted by atomic mass is 10.2. The van der Waals surface area contributed by atoms with Gasteiger partial charge in [-0.2, -0.15) is 0 Å². The number of sulfonamides is 1. The molecule has 0 fully saturated rings. The summed E-state index contributed by atoms with van der Waals surface area (Å²) in [7, 11) is -3.73. The van der Waals surface area contributed by atoms with Crippen LogP contribution in [0.2, 0.25) is 0 Å². The molecule has 0 aliphatic carbocycles. The Hall–Kier alpha value is -3.32. The summed E-state index contributed by atoms with van der Waals surface area (Å²) in [5.74, 6) is 0.448.